The number of hydrogen-bond donors (Lipinski definition) is 1. The Bertz CT molecular complexity index is 618. The summed E-state index contributed by atoms with van der Waals surface area (Å²) >= 11 is 0. The van der Waals surface area contributed by atoms with Crippen molar-refractivity contribution < 1.29 is 23.5 Å². The van der Waals surface area contributed by atoms with Crippen LogP contribution in [0.3, 0.4) is 0 Å². The summed E-state index contributed by atoms with van der Waals surface area (Å²) in [7, 11) is 0. The topological polar surface area (TPSA) is 57.6 Å². The van der Waals surface area contributed by atoms with Gasteiger partial charge in [-0.15, -0.1) is 0 Å². The average molecular weight is 325 g/mol. The second-order valence-electron chi connectivity index (χ2n) is 6.42. The fraction of sp³-hybridized carbons (Fsp3) is 0.529. The van der Waals surface area contributed by atoms with Gasteiger partial charge in [0, 0.05) is 19.5 Å². The quantitative estimate of drug-likeness (QED) is 0.905. The number of nitrogens with zero attached hydrogens (tertiary/aromatic N) is 1. The lowest BCUT2D eigenvalue weighted by Crippen LogP contribution is -2.40. The van der Waals surface area contributed by atoms with Crippen molar-refractivity contribution in [1.29, 1.82) is 0 Å². The van der Waals surface area contributed by atoms with Crippen LogP contribution in [-0.2, 0) is 16.0 Å². The highest BCUT2D eigenvalue weighted by Gasteiger charge is 2.48. The SMILES string of the molecule is CC(C)C1(C(=O)O)CCN(C(=O)CCc2cc(F)ccc2F)C1. The minimum atomic E-state index is -0.917. The van der Waals surface area contributed by atoms with Crippen molar-refractivity contribution >= 4 is 11.9 Å². The Kier molecular flexibility index (Phi) is 5.02. The van der Waals surface area contributed by atoms with E-state index in [0.29, 0.717) is 13.0 Å². The molecule has 23 heavy (non-hydrogen) atoms. The van der Waals surface area contributed by atoms with Crippen LogP contribution in [-0.4, -0.2) is 35.0 Å². The number of carboxylic acids is 1. The number of carboxylic acid groups (broad SMARTS) is 1. The molecule has 0 saturated carbocycles. The molecule has 1 fully saturated rings. The molecule has 0 bridgehead atoms. The molecule has 1 aromatic rings. The first kappa shape index (κ1) is 17.4. The van der Waals surface area contributed by atoms with Gasteiger partial charge >= 0.3 is 5.97 Å². The molecule has 0 aliphatic carbocycles. The molecule has 6 heteroatoms. The van der Waals surface area contributed by atoms with Crippen LogP contribution in [0.5, 0.6) is 0 Å². The summed E-state index contributed by atoms with van der Waals surface area (Å²) in [6.45, 7) is 4.23. The Balaban J connectivity index is 2.00. The molecule has 1 atom stereocenters. The molecular weight excluding hydrogens is 304 g/mol. The van der Waals surface area contributed by atoms with Gasteiger partial charge in [0.1, 0.15) is 11.6 Å². The first-order valence-electron chi connectivity index (χ1n) is 7.71. The van der Waals surface area contributed by atoms with Gasteiger partial charge in [-0.1, -0.05) is 13.8 Å². The lowest BCUT2D eigenvalue weighted by molar-refractivity contribution is -0.151. The van der Waals surface area contributed by atoms with Crippen molar-refractivity contribution in [2.45, 2.75) is 33.1 Å². The van der Waals surface area contributed by atoms with Crippen molar-refractivity contribution in [2.24, 2.45) is 11.3 Å². The highest BCUT2D eigenvalue weighted by Crippen LogP contribution is 2.38. The van der Waals surface area contributed by atoms with E-state index in [4.69, 9.17) is 0 Å². The van der Waals surface area contributed by atoms with Crippen LogP contribution in [0.1, 0.15) is 32.3 Å². The predicted octanol–water partition coefficient (Wildman–Crippen LogP) is 2.86. The number of aliphatic carboxylic acids is 1. The normalized spacial score (nSPS) is 21.0. The minimum Gasteiger partial charge on any atom is -0.481 e. The Labute approximate surface area is 134 Å². The van der Waals surface area contributed by atoms with Crippen LogP contribution in [0, 0.1) is 23.0 Å². The molecule has 0 radical (unpaired) electrons. The number of hydrogen-bond acceptors (Lipinski definition) is 2. The molecule has 1 saturated heterocycles. The van der Waals surface area contributed by atoms with Crippen molar-refractivity contribution in [3.63, 3.8) is 0 Å². The Morgan fingerprint density at radius 1 is 1.35 bits per heavy atom. The first-order chi connectivity index (χ1) is 10.8. The number of benzene rings is 1. The van der Waals surface area contributed by atoms with E-state index in [2.05, 4.69) is 0 Å². The summed E-state index contributed by atoms with van der Waals surface area (Å²) in [6.07, 6.45) is 0.551. The predicted molar refractivity (Wildman–Crippen MR) is 80.8 cm³/mol. The molecule has 1 aromatic carbocycles. The van der Waals surface area contributed by atoms with E-state index in [0.717, 1.165) is 18.2 Å². The van der Waals surface area contributed by atoms with Crippen molar-refractivity contribution in [1.82, 2.24) is 4.90 Å². The fourth-order valence-corrected chi connectivity index (χ4v) is 3.07. The summed E-state index contributed by atoms with van der Waals surface area (Å²) < 4.78 is 26.7. The molecule has 2 rings (SSSR count). The first-order valence-corrected chi connectivity index (χ1v) is 7.71. The molecule has 1 aliphatic rings. The van der Waals surface area contributed by atoms with E-state index in [-0.39, 0.29) is 36.8 Å². The number of carbonyl (C=O) groups excluding carboxylic acids is 1. The van der Waals surface area contributed by atoms with Crippen LogP contribution in [0.15, 0.2) is 18.2 Å². The van der Waals surface area contributed by atoms with E-state index in [1.807, 2.05) is 13.8 Å². The molecule has 0 aromatic heterocycles. The maximum atomic E-state index is 13.6. The van der Waals surface area contributed by atoms with Crippen LogP contribution in [0.25, 0.3) is 0 Å². The van der Waals surface area contributed by atoms with Crippen LogP contribution in [0.2, 0.25) is 0 Å². The average Bonchev–Trinajstić information content (AvgIpc) is 2.94. The highest BCUT2D eigenvalue weighted by molar-refractivity contribution is 5.81. The summed E-state index contributed by atoms with van der Waals surface area (Å²) in [5.41, 5.74) is -0.759. The largest absolute Gasteiger partial charge is 0.481 e. The lowest BCUT2D eigenvalue weighted by Gasteiger charge is -2.28. The van der Waals surface area contributed by atoms with Crippen LogP contribution >= 0.6 is 0 Å². The van der Waals surface area contributed by atoms with E-state index in [1.165, 1.54) is 4.90 Å². The summed E-state index contributed by atoms with van der Waals surface area (Å²) in [6, 6.07) is 3.16. The third kappa shape index (κ3) is 3.51. The van der Waals surface area contributed by atoms with E-state index < -0.39 is 23.0 Å². The number of rotatable bonds is 5. The van der Waals surface area contributed by atoms with Crippen molar-refractivity contribution in [2.75, 3.05) is 13.1 Å². The van der Waals surface area contributed by atoms with Gasteiger partial charge in [0.15, 0.2) is 0 Å². The zero-order valence-electron chi connectivity index (χ0n) is 13.3. The second-order valence-corrected chi connectivity index (χ2v) is 6.42. The third-order valence-electron chi connectivity index (χ3n) is 4.80. The zero-order valence-corrected chi connectivity index (χ0v) is 13.3. The van der Waals surface area contributed by atoms with Gasteiger partial charge in [-0.05, 0) is 42.5 Å². The number of likely N-dealkylation sites (tertiary alicyclic amines) is 1. The summed E-state index contributed by atoms with van der Waals surface area (Å²) in [5, 5.41) is 9.48. The van der Waals surface area contributed by atoms with E-state index >= 15 is 0 Å². The minimum absolute atomic E-state index is 0.0359. The maximum absolute atomic E-state index is 13.6. The Morgan fingerprint density at radius 2 is 2.04 bits per heavy atom. The van der Waals surface area contributed by atoms with Gasteiger partial charge in [-0.25, -0.2) is 8.78 Å². The Hall–Kier alpha value is -1.98. The third-order valence-corrected chi connectivity index (χ3v) is 4.80. The Morgan fingerprint density at radius 3 is 2.61 bits per heavy atom. The number of aryl methyl sites for hydroxylation is 1. The maximum Gasteiger partial charge on any atom is 0.311 e. The van der Waals surface area contributed by atoms with Gasteiger partial charge in [0.2, 0.25) is 5.91 Å². The summed E-state index contributed by atoms with van der Waals surface area (Å²) in [5.74, 6) is -2.28. The molecule has 0 spiro atoms. The monoisotopic (exact) mass is 325 g/mol. The molecule has 126 valence electrons. The van der Waals surface area contributed by atoms with Gasteiger partial charge in [-0.2, -0.15) is 0 Å². The van der Waals surface area contributed by atoms with Crippen LogP contribution < -0.4 is 0 Å². The lowest BCUT2D eigenvalue weighted by atomic mass is 9.76. The smallest absolute Gasteiger partial charge is 0.311 e. The molecular formula is C17H21F2NO3. The van der Waals surface area contributed by atoms with Gasteiger partial charge in [0.05, 0.1) is 5.41 Å². The van der Waals surface area contributed by atoms with Gasteiger partial charge in [0.25, 0.3) is 0 Å². The van der Waals surface area contributed by atoms with Crippen molar-refractivity contribution in [3.8, 4) is 0 Å². The number of halogens is 2. The highest BCUT2D eigenvalue weighted by atomic mass is 19.1. The van der Waals surface area contributed by atoms with E-state index in [1.54, 1.807) is 0 Å². The molecule has 4 nitrogen and oxygen atoms in total. The zero-order chi connectivity index (χ0) is 17.2. The molecule has 1 amide bonds. The number of amides is 1. The molecule has 1 N–H and O–H groups in total. The second kappa shape index (κ2) is 6.64. The van der Waals surface area contributed by atoms with Gasteiger partial charge in [-0.3, -0.25) is 9.59 Å². The standard InChI is InChI=1S/C17H21F2NO3/c1-11(2)17(16(22)23)7-8-20(10-17)15(21)6-3-12-9-13(18)4-5-14(12)19/h4-5,9,11H,3,6-8,10H2,1-2H3,(H,22,23). The van der Waals surface area contributed by atoms with Crippen molar-refractivity contribution in [3.05, 3.63) is 35.4 Å². The fourth-order valence-electron chi connectivity index (χ4n) is 3.07. The molecule has 1 aliphatic heterocycles. The summed E-state index contributed by atoms with van der Waals surface area (Å²) in [4.78, 5) is 25.3. The van der Waals surface area contributed by atoms with E-state index in [9.17, 15) is 23.5 Å². The van der Waals surface area contributed by atoms with Crippen LogP contribution in [0.4, 0.5) is 8.78 Å². The molecule has 1 heterocycles. The number of carbonyl (C=O) groups is 2. The molecule has 1 unspecified atom stereocenters. The van der Waals surface area contributed by atoms with Gasteiger partial charge < -0.3 is 10.0 Å².